The van der Waals surface area contributed by atoms with Crippen LogP contribution in [0.3, 0.4) is 0 Å². The zero-order chi connectivity index (χ0) is 17.2. The van der Waals surface area contributed by atoms with Crippen molar-refractivity contribution >= 4 is 17.8 Å². The Hall–Kier alpha value is -1.63. The third-order valence-electron chi connectivity index (χ3n) is 5.51. The van der Waals surface area contributed by atoms with Crippen LogP contribution < -0.4 is 10.6 Å². The van der Waals surface area contributed by atoms with Crippen LogP contribution >= 0.6 is 0 Å². The van der Waals surface area contributed by atoms with Crippen molar-refractivity contribution in [2.75, 3.05) is 26.2 Å². The smallest absolute Gasteiger partial charge is 0.325 e. The Morgan fingerprint density at radius 1 is 1.29 bits per heavy atom. The summed E-state index contributed by atoms with van der Waals surface area (Å²) < 4.78 is 0. The van der Waals surface area contributed by atoms with Gasteiger partial charge in [0.1, 0.15) is 12.1 Å². The fourth-order valence-corrected chi connectivity index (χ4v) is 4.20. The lowest BCUT2D eigenvalue weighted by atomic mass is 9.82. The highest BCUT2D eigenvalue weighted by Crippen LogP contribution is 2.33. The highest BCUT2D eigenvalue weighted by Gasteiger charge is 2.51. The van der Waals surface area contributed by atoms with Crippen molar-refractivity contribution in [1.29, 1.82) is 0 Å². The number of hydrogen-bond donors (Lipinski definition) is 2. The van der Waals surface area contributed by atoms with Gasteiger partial charge < -0.3 is 15.5 Å². The maximum absolute atomic E-state index is 12.8. The summed E-state index contributed by atoms with van der Waals surface area (Å²) >= 11 is 0. The number of imide groups is 1. The molecule has 1 aliphatic carbocycles. The molecule has 0 bridgehead atoms. The summed E-state index contributed by atoms with van der Waals surface area (Å²) in [6, 6.07) is -0.238. The molecule has 3 rings (SSSR count). The topological polar surface area (TPSA) is 81.8 Å². The van der Waals surface area contributed by atoms with E-state index in [2.05, 4.69) is 10.6 Å². The van der Waals surface area contributed by atoms with Gasteiger partial charge in [-0.05, 0) is 32.2 Å². The first-order chi connectivity index (χ1) is 11.6. The minimum atomic E-state index is -0.750. The van der Waals surface area contributed by atoms with Crippen molar-refractivity contribution in [2.45, 2.75) is 63.5 Å². The monoisotopic (exact) mass is 336 g/mol. The van der Waals surface area contributed by atoms with Crippen molar-refractivity contribution in [2.24, 2.45) is 0 Å². The van der Waals surface area contributed by atoms with Crippen LogP contribution in [0.5, 0.6) is 0 Å². The number of carbonyl (C=O) groups excluding carboxylic acids is 3. The fourth-order valence-electron chi connectivity index (χ4n) is 4.20. The Kier molecular flexibility index (Phi) is 5.08. The second kappa shape index (κ2) is 7.09. The third-order valence-corrected chi connectivity index (χ3v) is 5.51. The number of carbonyl (C=O) groups is 3. The first-order valence-corrected chi connectivity index (χ1v) is 9.22. The summed E-state index contributed by atoms with van der Waals surface area (Å²) in [4.78, 5) is 40.8. The van der Waals surface area contributed by atoms with Crippen LogP contribution in [0.15, 0.2) is 0 Å². The Balaban J connectivity index is 1.68. The van der Waals surface area contributed by atoms with Gasteiger partial charge in [0.2, 0.25) is 5.91 Å². The third kappa shape index (κ3) is 3.14. The maximum Gasteiger partial charge on any atom is 0.325 e. The van der Waals surface area contributed by atoms with Gasteiger partial charge in [-0.15, -0.1) is 0 Å². The Morgan fingerprint density at radius 3 is 2.67 bits per heavy atom. The van der Waals surface area contributed by atoms with Gasteiger partial charge >= 0.3 is 6.03 Å². The molecule has 4 amide bonds. The van der Waals surface area contributed by atoms with E-state index in [0.29, 0.717) is 19.4 Å². The first kappa shape index (κ1) is 17.2. The van der Waals surface area contributed by atoms with E-state index in [4.69, 9.17) is 0 Å². The minimum Gasteiger partial charge on any atom is -0.337 e. The molecule has 3 fully saturated rings. The molecule has 0 aromatic rings. The molecule has 1 atom stereocenters. The predicted molar refractivity (Wildman–Crippen MR) is 89.3 cm³/mol. The molecule has 24 heavy (non-hydrogen) atoms. The second-order valence-electron chi connectivity index (χ2n) is 7.20. The van der Waals surface area contributed by atoms with Crippen molar-refractivity contribution in [3.8, 4) is 0 Å². The minimum absolute atomic E-state index is 0.123. The quantitative estimate of drug-likeness (QED) is 0.729. The number of amides is 4. The standard InChI is InChI=1S/C17H28N4O3/c1-2-10-20(13-6-9-18-11-13)14(22)12-21-15(23)17(19-16(21)24)7-4-3-5-8-17/h13,18H,2-12H2,1H3,(H,19,24). The number of nitrogens with one attached hydrogen (secondary N) is 2. The van der Waals surface area contributed by atoms with Crippen LogP contribution in [0.1, 0.15) is 51.9 Å². The molecule has 1 spiro atoms. The summed E-state index contributed by atoms with van der Waals surface area (Å²) in [7, 11) is 0. The second-order valence-corrected chi connectivity index (χ2v) is 7.20. The van der Waals surface area contributed by atoms with Crippen LogP contribution in [-0.2, 0) is 9.59 Å². The number of hydrogen-bond acceptors (Lipinski definition) is 4. The summed E-state index contributed by atoms with van der Waals surface area (Å²) in [5.41, 5.74) is -0.750. The largest absolute Gasteiger partial charge is 0.337 e. The summed E-state index contributed by atoms with van der Waals surface area (Å²) in [6.45, 7) is 4.26. The van der Waals surface area contributed by atoms with Crippen LogP contribution in [0.25, 0.3) is 0 Å². The highest BCUT2D eigenvalue weighted by molar-refractivity contribution is 6.09. The molecule has 7 heteroatoms. The van der Waals surface area contributed by atoms with Gasteiger partial charge in [-0.25, -0.2) is 4.79 Å². The Morgan fingerprint density at radius 2 is 2.04 bits per heavy atom. The summed E-state index contributed by atoms with van der Waals surface area (Å²) in [5.74, 6) is -0.330. The molecule has 0 aromatic carbocycles. The zero-order valence-corrected chi connectivity index (χ0v) is 14.5. The summed E-state index contributed by atoms with van der Waals surface area (Å²) in [6.07, 6.45) is 6.17. The average Bonchev–Trinajstić information content (AvgIpc) is 3.17. The van der Waals surface area contributed by atoms with Gasteiger partial charge in [0.15, 0.2) is 0 Å². The molecule has 1 unspecified atom stereocenters. The van der Waals surface area contributed by atoms with E-state index in [1.54, 1.807) is 0 Å². The van der Waals surface area contributed by atoms with E-state index in [-0.39, 0.29) is 24.4 Å². The molecule has 134 valence electrons. The fraction of sp³-hybridized carbons (Fsp3) is 0.824. The molecule has 2 saturated heterocycles. The normalized spacial score (nSPS) is 26.0. The van der Waals surface area contributed by atoms with Crippen LogP contribution in [-0.4, -0.2) is 65.4 Å². The van der Waals surface area contributed by atoms with Gasteiger partial charge in [-0.2, -0.15) is 0 Å². The molecular formula is C17H28N4O3. The Labute approximate surface area is 143 Å². The van der Waals surface area contributed by atoms with Crippen LogP contribution in [0, 0.1) is 0 Å². The van der Waals surface area contributed by atoms with Gasteiger partial charge in [0.05, 0.1) is 0 Å². The van der Waals surface area contributed by atoms with Gasteiger partial charge in [-0.3, -0.25) is 14.5 Å². The number of nitrogens with zero attached hydrogens (tertiary/aromatic N) is 2. The molecule has 0 aromatic heterocycles. The lowest BCUT2D eigenvalue weighted by Crippen LogP contribution is -2.50. The van der Waals surface area contributed by atoms with E-state index in [0.717, 1.165) is 50.1 Å². The predicted octanol–water partition coefficient (Wildman–Crippen LogP) is 0.842. The molecule has 0 radical (unpaired) electrons. The van der Waals surface area contributed by atoms with E-state index in [1.807, 2.05) is 11.8 Å². The number of rotatable bonds is 5. The van der Waals surface area contributed by atoms with Gasteiger partial charge in [0.25, 0.3) is 5.91 Å². The lowest BCUT2D eigenvalue weighted by molar-refractivity contribution is -0.140. The van der Waals surface area contributed by atoms with Crippen LogP contribution in [0.2, 0.25) is 0 Å². The first-order valence-electron chi connectivity index (χ1n) is 9.22. The lowest BCUT2D eigenvalue weighted by Gasteiger charge is -2.31. The molecule has 2 aliphatic heterocycles. The van der Waals surface area contributed by atoms with Crippen LogP contribution in [0.4, 0.5) is 4.79 Å². The zero-order valence-electron chi connectivity index (χ0n) is 14.5. The summed E-state index contributed by atoms with van der Waals surface area (Å²) in [5, 5.41) is 6.14. The van der Waals surface area contributed by atoms with Gasteiger partial charge in [0, 0.05) is 19.1 Å². The van der Waals surface area contributed by atoms with Crippen molar-refractivity contribution < 1.29 is 14.4 Å². The van der Waals surface area contributed by atoms with E-state index in [9.17, 15) is 14.4 Å². The highest BCUT2D eigenvalue weighted by atomic mass is 16.2. The van der Waals surface area contributed by atoms with Crippen molar-refractivity contribution in [3.05, 3.63) is 0 Å². The van der Waals surface area contributed by atoms with E-state index in [1.165, 1.54) is 0 Å². The molecule has 7 nitrogen and oxygen atoms in total. The van der Waals surface area contributed by atoms with Gasteiger partial charge in [-0.1, -0.05) is 26.2 Å². The molecular weight excluding hydrogens is 308 g/mol. The van der Waals surface area contributed by atoms with E-state index >= 15 is 0 Å². The maximum atomic E-state index is 12.8. The molecule has 2 heterocycles. The number of urea groups is 1. The SMILES string of the molecule is CCCN(C(=O)CN1C(=O)NC2(CCCCC2)C1=O)C1CCNC1. The molecule has 3 aliphatic rings. The average molecular weight is 336 g/mol. The van der Waals surface area contributed by atoms with Crippen molar-refractivity contribution in [3.63, 3.8) is 0 Å². The van der Waals surface area contributed by atoms with E-state index < -0.39 is 11.6 Å². The molecule has 2 N–H and O–H groups in total. The molecule has 1 saturated carbocycles. The Bertz CT molecular complexity index is 510. The van der Waals surface area contributed by atoms with Crippen molar-refractivity contribution in [1.82, 2.24) is 20.4 Å².